The van der Waals surface area contributed by atoms with E-state index in [2.05, 4.69) is 72.5 Å². The smallest absolute Gasteiger partial charge is 0.117 e. The molecular weight excluding hydrogens is 334 g/mol. The fourth-order valence-electron chi connectivity index (χ4n) is 4.80. The molecule has 0 unspecified atom stereocenters. The summed E-state index contributed by atoms with van der Waals surface area (Å²) in [5.74, 6) is 0.605. The predicted molar refractivity (Wildman–Crippen MR) is 114 cm³/mol. The number of hydrogen-bond donors (Lipinski definition) is 2. The third-order valence-corrected chi connectivity index (χ3v) is 10.8. The van der Waals surface area contributed by atoms with Crippen LogP contribution in [0.4, 0.5) is 0 Å². The Morgan fingerprint density at radius 3 is 1.88 bits per heavy atom. The van der Waals surface area contributed by atoms with Crippen molar-refractivity contribution >= 4 is 18.4 Å². The molecule has 0 aliphatic heterocycles. The number of aliphatic hydroxyl groups is 1. The standard InChI is InChI=1S/C23H33NOSi/c1-24-23(19-12-6-3-7-13-19)22(25)18-26(2,20-14-8-4-9-15-20)21-16-10-5-11-17-21/h4-5,8-11,14-17,19,22-25H,3,6-7,12-13,18H2,1-2H3/t22-,23+/m1/s1. The molecular formula is C23H33NOSi. The number of hydrogen-bond acceptors (Lipinski definition) is 2. The quantitative estimate of drug-likeness (QED) is 0.735. The van der Waals surface area contributed by atoms with Crippen molar-refractivity contribution in [1.82, 2.24) is 5.32 Å². The van der Waals surface area contributed by atoms with E-state index in [1.54, 1.807) is 0 Å². The summed E-state index contributed by atoms with van der Waals surface area (Å²) in [5, 5.41) is 17.6. The Hall–Kier alpha value is -1.42. The SMILES string of the molecule is CN[C@@H](C1CCCCC1)[C@H](O)C[Si](C)(c1ccccc1)c1ccccc1. The van der Waals surface area contributed by atoms with Gasteiger partial charge in [0.1, 0.15) is 8.07 Å². The molecule has 2 atom stereocenters. The molecule has 3 heteroatoms. The van der Waals surface area contributed by atoms with E-state index in [-0.39, 0.29) is 12.1 Å². The molecule has 2 aromatic rings. The summed E-state index contributed by atoms with van der Waals surface area (Å²) < 4.78 is 0. The minimum atomic E-state index is -2.00. The molecule has 2 nitrogen and oxygen atoms in total. The highest BCUT2D eigenvalue weighted by molar-refractivity contribution is 7.01. The number of nitrogens with one attached hydrogen (secondary N) is 1. The van der Waals surface area contributed by atoms with Gasteiger partial charge in [-0.15, -0.1) is 0 Å². The van der Waals surface area contributed by atoms with Gasteiger partial charge in [-0.1, -0.05) is 96.8 Å². The van der Waals surface area contributed by atoms with E-state index in [0.29, 0.717) is 5.92 Å². The van der Waals surface area contributed by atoms with Crippen molar-refractivity contribution < 1.29 is 5.11 Å². The van der Waals surface area contributed by atoms with Crippen LogP contribution >= 0.6 is 0 Å². The lowest BCUT2D eigenvalue weighted by molar-refractivity contribution is 0.101. The van der Waals surface area contributed by atoms with Gasteiger partial charge >= 0.3 is 0 Å². The second kappa shape index (κ2) is 8.98. The van der Waals surface area contributed by atoms with Crippen molar-refractivity contribution in [2.75, 3.05) is 7.05 Å². The summed E-state index contributed by atoms with van der Waals surface area (Å²) in [5.41, 5.74) is 0. The van der Waals surface area contributed by atoms with Crippen LogP contribution in [-0.2, 0) is 0 Å². The Morgan fingerprint density at radius 1 is 0.923 bits per heavy atom. The Labute approximate surface area is 159 Å². The van der Waals surface area contributed by atoms with Crippen molar-refractivity contribution in [3.63, 3.8) is 0 Å². The molecule has 1 aliphatic carbocycles. The van der Waals surface area contributed by atoms with Crippen molar-refractivity contribution in [3.8, 4) is 0 Å². The highest BCUT2D eigenvalue weighted by atomic mass is 28.3. The molecule has 1 fully saturated rings. The van der Waals surface area contributed by atoms with Crippen molar-refractivity contribution in [2.24, 2.45) is 5.92 Å². The molecule has 0 spiro atoms. The molecule has 0 bridgehead atoms. The summed E-state index contributed by atoms with van der Waals surface area (Å²) >= 11 is 0. The largest absolute Gasteiger partial charge is 0.392 e. The normalized spacial score (nSPS) is 18.4. The third-order valence-electron chi connectivity index (χ3n) is 6.34. The first-order valence-electron chi connectivity index (χ1n) is 10.1. The van der Waals surface area contributed by atoms with Gasteiger partial charge in [-0.3, -0.25) is 0 Å². The van der Waals surface area contributed by atoms with Crippen molar-refractivity contribution in [1.29, 1.82) is 0 Å². The van der Waals surface area contributed by atoms with Crippen LogP contribution in [0.15, 0.2) is 60.7 Å². The van der Waals surface area contributed by atoms with Crippen LogP contribution in [0, 0.1) is 5.92 Å². The lowest BCUT2D eigenvalue weighted by Crippen LogP contribution is -2.59. The molecule has 0 aromatic heterocycles. The first kappa shape index (κ1) is 19.3. The predicted octanol–water partition coefficient (Wildman–Crippen LogP) is 3.41. The second-order valence-corrected chi connectivity index (χ2v) is 12.3. The van der Waals surface area contributed by atoms with Gasteiger partial charge < -0.3 is 10.4 Å². The van der Waals surface area contributed by atoms with E-state index in [4.69, 9.17) is 0 Å². The van der Waals surface area contributed by atoms with E-state index >= 15 is 0 Å². The lowest BCUT2D eigenvalue weighted by Gasteiger charge is -2.38. The minimum absolute atomic E-state index is 0.203. The molecule has 2 aromatic carbocycles. The molecule has 0 radical (unpaired) electrons. The van der Waals surface area contributed by atoms with Crippen LogP contribution < -0.4 is 15.7 Å². The maximum absolute atomic E-state index is 11.3. The fraction of sp³-hybridized carbons (Fsp3) is 0.478. The van der Waals surface area contributed by atoms with Gasteiger partial charge in [-0.05, 0) is 31.9 Å². The van der Waals surface area contributed by atoms with Gasteiger partial charge in [0, 0.05) is 6.04 Å². The maximum atomic E-state index is 11.3. The van der Waals surface area contributed by atoms with E-state index in [0.717, 1.165) is 6.04 Å². The summed E-state index contributed by atoms with van der Waals surface area (Å²) in [6.45, 7) is 2.41. The van der Waals surface area contributed by atoms with Gasteiger partial charge in [-0.2, -0.15) is 0 Å². The number of rotatable bonds is 7. The molecule has 1 saturated carbocycles. The average Bonchev–Trinajstić information content (AvgIpc) is 2.70. The minimum Gasteiger partial charge on any atom is -0.392 e. The van der Waals surface area contributed by atoms with Gasteiger partial charge in [-0.25, -0.2) is 0 Å². The van der Waals surface area contributed by atoms with Crippen molar-refractivity contribution in [3.05, 3.63) is 60.7 Å². The number of benzene rings is 2. The summed E-state index contributed by atoms with van der Waals surface area (Å²) in [7, 11) is 0.0230. The van der Waals surface area contributed by atoms with Crippen molar-refractivity contribution in [2.45, 2.75) is 56.8 Å². The van der Waals surface area contributed by atoms with Crippen LogP contribution in [0.25, 0.3) is 0 Å². The van der Waals surface area contributed by atoms with Crippen LogP contribution in [0.2, 0.25) is 12.6 Å². The number of aliphatic hydroxyl groups excluding tert-OH is 1. The molecule has 0 saturated heterocycles. The summed E-state index contributed by atoms with van der Waals surface area (Å²) in [4.78, 5) is 0. The zero-order valence-electron chi connectivity index (χ0n) is 16.2. The highest BCUT2D eigenvalue weighted by Gasteiger charge is 2.38. The molecule has 3 rings (SSSR count). The molecule has 0 amide bonds. The zero-order chi connectivity index (χ0) is 18.4. The molecule has 1 aliphatic rings. The van der Waals surface area contributed by atoms with Crippen LogP contribution in [0.3, 0.4) is 0 Å². The summed E-state index contributed by atoms with van der Waals surface area (Å²) in [6, 6.07) is 22.8. The Bertz CT molecular complexity index is 615. The van der Waals surface area contributed by atoms with Crippen LogP contribution in [0.1, 0.15) is 32.1 Å². The summed E-state index contributed by atoms with van der Waals surface area (Å²) in [6.07, 6.45) is 6.15. The monoisotopic (exact) mass is 367 g/mol. The van der Waals surface area contributed by atoms with Gasteiger partial charge in [0.05, 0.1) is 6.10 Å². The first-order chi connectivity index (χ1) is 12.6. The molecule has 140 valence electrons. The third kappa shape index (κ3) is 4.28. The Morgan fingerprint density at radius 2 is 1.42 bits per heavy atom. The van der Waals surface area contributed by atoms with Gasteiger partial charge in [0.25, 0.3) is 0 Å². The van der Waals surface area contributed by atoms with E-state index in [1.165, 1.54) is 42.5 Å². The molecule has 0 heterocycles. The van der Waals surface area contributed by atoms with Crippen LogP contribution in [0.5, 0.6) is 0 Å². The second-order valence-electron chi connectivity index (χ2n) is 8.05. The fourth-order valence-corrected chi connectivity index (χ4v) is 8.55. The topological polar surface area (TPSA) is 32.3 Å². The molecule has 26 heavy (non-hydrogen) atoms. The van der Waals surface area contributed by atoms with E-state index in [1.807, 2.05) is 7.05 Å². The van der Waals surface area contributed by atoms with E-state index < -0.39 is 8.07 Å². The average molecular weight is 368 g/mol. The highest BCUT2D eigenvalue weighted by Crippen LogP contribution is 2.29. The van der Waals surface area contributed by atoms with E-state index in [9.17, 15) is 5.11 Å². The van der Waals surface area contributed by atoms with Gasteiger partial charge in [0.2, 0.25) is 0 Å². The Kier molecular flexibility index (Phi) is 6.68. The molecule has 2 N–H and O–H groups in total. The zero-order valence-corrected chi connectivity index (χ0v) is 17.2. The number of likely N-dealkylation sites (N-methyl/N-ethyl adjacent to an activating group) is 1. The van der Waals surface area contributed by atoms with Crippen LogP contribution in [-0.4, -0.2) is 32.4 Å². The van der Waals surface area contributed by atoms with Gasteiger partial charge in [0.15, 0.2) is 0 Å². The Balaban J connectivity index is 1.88. The first-order valence-corrected chi connectivity index (χ1v) is 12.8. The maximum Gasteiger partial charge on any atom is 0.117 e. The lowest BCUT2D eigenvalue weighted by atomic mass is 9.82.